The number of ether oxygens (including phenoxy) is 3. The predicted molar refractivity (Wildman–Crippen MR) is 320 cm³/mol. The van der Waals surface area contributed by atoms with Crippen LogP contribution < -0.4 is 0 Å². The van der Waals surface area contributed by atoms with E-state index >= 15 is 0 Å². The van der Waals surface area contributed by atoms with Crippen LogP contribution >= 0.6 is 0 Å². The highest BCUT2D eigenvalue weighted by Crippen LogP contribution is 2.14. The number of carbonyl (C=O) groups is 3. The number of esters is 3. The van der Waals surface area contributed by atoms with Crippen molar-refractivity contribution >= 4 is 17.9 Å². The molecule has 6 nitrogen and oxygen atoms in total. The lowest BCUT2D eigenvalue weighted by atomic mass is 10.1. The minimum Gasteiger partial charge on any atom is -0.462 e. The van der Waals surface area contributed by atoms with Gasteiger partial charge in [-0.1, -0.05) is 239 Å². The topological polar surface area (TPSA) is 78.9 Å². The van der Waals surface area contributed by atoms with Crippen LogP contribution in [0.3, 0.4) is 0 Å². The molecule has 0 aromatic carbocycles. The maximum atomic E-state index is 12.9. The number of carbonyl (C=O) groups excluding carboxylic acids is 3. The van der Waals surface area contributed by atoms with Crippen molar-refractivity contribution in [1.29, 1.82) is 0 Å². The van der Waals surface area contributed by atoms with Crippen molar-refractivity contribution in [3.63, 3.8) is 0 Å². The number of hydrogen-bond acceptors (Lipinski definition) is 6. The van der Waals surface area contributed by atoms with Crippen molar-refractivity contribution in [2.75, 3.05) is 13.2 Å². The quantitative estimate of drug-likeness (QED) is 0.0261. The molecule has 74 heavy (non-hydrogen) atoms. The molecule has 0 spiro atoms. The van der Waals surface area contributed by atoms with E-state index in [1.54, 1.807) is 0 Å². The SMILES string of the molecule is CC/C=C\C/C=C\C/C=C\C/C=C\C/C=C\C/C=C\C/C=C\CCCCCCCC(=O)OCC(COC(=O)CCCCCCC/C=C\CCCCC)OC(=O)CCCCCCCCC/C=C\C/C=C\CCCCC. The lowest BCUT2D eigenvalue weighted by molar-refractivity contribution is -0.167. The van der Waals surface area contributed by atoms with Gasteiger partial charge in [0.05, 0.1) is 0 Å². The molecular weight excluding hydrogens is 913 g/mol. The molecule has 1 atom stereocenters. The van der Waals surface area contributed by atoms with Crippen molar-refractivity contribution in [3.8, 4) is 0 Å². The van der Waals surface area contributed by atoms with Crippen LogP contribution in [-0.2, 0) is 28.6 Å². The molecule has 0 rings (SSSR count). The van der Waals surface area contributed by atoms with Crippen molar-refractivity contribution in [2.45, 2.75) is 277 Å². The van der Waals surface area contributed by atoms with Gasteiger partial charge in [0, 0.05) is 19.3 Å². The van der Waals surface area contributed by atoms with Crippen LogP contribution in [-0.4, -0.2) is 37.2 Å². The summed E-state index contributed by atoms with van der Waals surface area (Å²) in [6.45, 7) is 6.45. The maximum absolute atomic E-state index is 12.9. The first-order chi connectivity index (χ1) is 36.5. The van der Waals surface area contributed by atoms with E-state index in [4.69, 9.17) is 14.2 Å². The van der Waals surface area contributed by atoms with Crippen LogP contribution in [0.4, 0.5) is 0 Å². The largest absolute Gasteiger partial charge is 0.462 e. The Hall–Kier alpha value is -4.19. The maximum Gasteiger partial charge on any atom is 0.306 e. The highest BCUT2D eigenvalue weighted by Gasteiger charge is 2.19. The molecular formula is C68H112O6. The van der Waals surface area contributed by atoms with Gasteiger partial charge in [0.25, 0.3) is 0 Å². The van der Waals surface area contributed by atoms with Gasteiger partial charge in [0.1, 0.15) is 13.2 Å². The minimum atomic E-state index is -0.797. The van der Waals surface area contributed by atoms with Crippen molar-refractivity contribution in [3.05, 3.63) is 122 Å². The summed E-state index contributed by atoms with van der Waals surface area (Å²) < 4.78 is 16.9. The van der Waals surface area contributed by atoms with E-state index in [1.165, 1.54) is 83.5 Å². The summed E-state index contributed by atoms with van der Waals surface area (Å²) in [5, 5.41) is 0. The number of allylic oxidation sites excluding steroid dienone is 20. The third-order valence-electron chi connectivity index (χ3n) is 12.7. The number of hydrogen-bond donors (Lipinski definition) is 0. The second kappa shape index (κ2) is 61.4. The van der Waals surface area contributed by atoms with Crippen LogP contribution in [0, 0.1) is 0 Å². The fourth-order valence-corrected chi connectivity index (χ4v) is 8.09. The van der Waals surface area contributed by atoms with Crippen molar-refractivity contribution < 1.29 is 28.6 Å². The lowest BCUT2D eigenvalue weighted by Crippen LogP contribution is -2.30. The summed E-state index contributed by atoms with van der Waals surface area (Å²) in [7, 11) is 0. The van der Waals surface area contributed by atoms with Gasteiger partial charge >= 0.3 is 17.9 Å². The lowest BCUT2D eigenvalue weighted by Gasteiger charge is -2.18. The normalized spacial score (nSPS) is 13.0. The van der Waals surface area contributed by atoms with Gasteiger partial charge in [-0.2, -0.15) is 0 Å². The average molecular weight is 1030 g/mol. The summed E-state index contributed by atoms with van der Waals surface area (Å²) >= 11 is 0. The summed E-state index contributed by atoms with van der Waals surface area (Å²) in [6, 6.07) is 0. The molecule has 6 heteroatoms. The number of unbranched alkanes of at least 4 members (excludes halogenated alkanes) is 23. The molecule has 0 radical (unpaired) electrons. The smallest absolute Gasteiger partial charge is 0.306 e. The number of rotatable bonds is 54. The molecule has 0 aliphatic heterocycles. The zero-order chi connectivity index (χ0) is 53.6. The van der Waals surface area contributed by atoms with Crippen LogP contribution in [0.2, 0.25) is 0 Å². The van der Waals surface area contributed by atoms with Gasteiger partial charge in [-0.05, 0) is 135 Å². The Morgan fingerprint density at radius 1 is 0.284 bits per heavy atom. The minimum absolute atomic E-state index is 0.0940. The van der Waals surface area contributed by atoms with Gasteiger partial charge < -0.3 is 14.2 Å². The van der Waals surface area contributed by atoms with Gasteiger partial charge in [-0.25, -0.2) is 0 Å². The van der Waals surface area contributed by atoms with E-state index < -0.39 is 6.10 Å². The predicted octanol–water partition coefficient (Wildman–Crippen LogP) is 20.8. The molecule has 0 amide bonds. The molecule has 0 aromatic rings. The molecule has 0 aliphatic carbocycles. The van der Waals surface area contributed by atoms with E-state index in [2.05, 4.69) is 142 Å². The zero-order valence-corrected chi connectivity index (χ0v) is 48.1. The summed E-state index contributed by atoms with van der Waals surface area (Å²) in [6.07, 6.45) is 84.8. The third-order valence-corrected chi connectivity index (χ3v) is 12.7. The molecule has 0 saturated heterocycles. The Kier molecular flexibility index (Phi) is 57.9. The average Bonchev–Trinajstić information content (AvgIpc) is 3.40. The van der Waals surface area contributed by atoms with E-state index in [0.29, 0.717) is 19.3 Å². The zero-order valence-electron chi connectivity index (χ0n) is 48.1. The Labute approximate surface area is 456 Å². The van der Waals surface area contributed by atoms with Crippen molar-refractivity contribution in [1.82, 2.24) is 0 Å². The molecule has 0 fully saturated rings. The van der Waals surface area contributed by atoms with E-state index in [1.807, 2.05) is 0 Å². The summed E-state index contributed by atoms with van der Waals surface area (Å²) in [4.78, 5) is 38.2. The van der Waals surface area contributed by atoms with Crippen LogP contribution in [0.5, 0.6) is 0 Å². The van der Waals surface area contributed by atoms with Gasteiger partial charge in [0.2, 0.25) is 0 Å². The molecule has 0 N–H and O–H groups in total. The third kappa shape index (κ3) is 58.7. The molecule has 0 saturated carbocycles. The Bertz CT molecular complexity index is 1550. The molecule has 0 aromatic heterocycles. The van der Waals surface area contributed by atoms with E-state index in [0.717, 1.165) is 148 Å². The van der Waals surface area contributed by atoms with Crippen LogP contribution in [0.1, 0.15) is 271 Å². The van der Waals surface area contributed by atoms with Crippen LogP contribution in [0.15, 0.2) is 122 Å². The van der Waals surface area contributed by atoms with Crippen LogP contribution in [0.25, 0.3) is 0 Å². The highest BCUT2D eigenvalue weighted by atomic mass is 16.6. The summed E-state index contributed by atoms with van der Waals surface area (Å²) in [5.41, 5.74) is 0. The fraction of sp³-hybridized carbons (Fsp3) is 0.662. The van der Waals surface area contributed by atoms with Gasteiger partial charge in [-0.3, -0.25) is 14.4 Å². The standard InChI is InChI=1S/C68H112O6/c1-4-7-10-13-16-19-22-25-27-29-30-31-32-33-34-35-36-37-38-40-41-43-46-49-52-55-58-61-67(70)73-64-65(63-72-66(69)60-57-54-51-48-45-24-21-18-15-12-9-6-3)74-68(71)62-59-56-53-50-47-44-42-39-28-26-23-20-17-14-11-8-5-2/h7,10,16-21,25-28,30-31,33-34,36-37,40-41,65H,4-6,8-9,11-15,22-24,29,32,35,38-39,42-64H2,1-3H3/b10-7-,19-16-,20-17-,21-18-,27-25-,28-26-,31-30-,34-33-,37-36-,41-40-. The highest BCUT2D eigenvalue weighted by molar-refractivity contribution is 5.71. The second-order valence-electron chi connectivity index (χ2n) is 19.9. The molecule has 420 valence electrons. The first kappa shape index (κ1) is 69.8. The Morgan fingerprint density at radius 3 is 0.838 bits per heavy atom. The van der Waals surface area contributed by atoms with Crippen molar-refractivity contribution in [2.24, 2.45) is 0 Å². The second-order valence-corrected chi connectivity index (χ2v) is 19.9. The Balaban J connectivity index is 4.38. The van der Waals surface area contributed by atoms with Gasteiger partial charge in [0.15, 0.2) is 6.10 Å². The molecule has 0 heterocycles. The summed E-state index contributed by atoms with van der Waals surface area (Å²) in [5.74, 6) is -0.929. The van der Waals surface area contributed by atoms with E-state index in [-0.39, 0.29) is 31.1 Å². The molecule has 1 unspecified atom stereocenters. The molecule has 0 bridgehead atoms. The Morgan fingerprint density at radius 2 is 0.527 bits per heavy atom. The first-order valence-electron chi connectivity index (χ1n) is 30.5. The molecule has 0 aliphatic rings. The fourth-order valence-electron chi connectivity index (χ4n) is 8.09. The first-order valence-corrected chi connectivity index (χ1v) is 30.5. The van der Waals surface area contributed by atoms with Gasteiger partial charge in [-0.15, -0.1) is 0 Å². The monoisotopic (exact) mass is 1020 g/mol. The van der Waals surface area contributed by atoms with E-state index in [9.17, 15) is 14.4 Å².